The number of rotatable bonds is 4. The van der Waals surface area contributed by atoms with E-state index in [0.717, 1.165) is 28.2 Å². The van der Waals surface area contributed by atoms with Crippen LogP contribution in [0.25, 0.3) is 16.3 Å². The van der Waals surface area contributed by atoms with Gasteiger partial charge in [0.25, 0.3) is 5.91 Å². The number of aromatic nitrogens is 2. The maximum atomic E-state index is 13.2. The van der Waals surface area contributed by atoms with Crippen molar-refractivity contribution in [3.8, 4) is 16.3 Å². The van der Waals surface area contributed by atoms with Crippen molar-refractivity contribution in [2.45, 2.75) is 13.3 Å². The van der Waals surface area contributed by atoms with E-state index >= 15 is 0 Å². The molecule has 0 saturated carbocycles. The first-order valence-electron chi connectivity index (χ1n) is 10.0. The molecule has 5 rings (SSSR count). The zero-order valence-electron chi connectivity index (χ0n) is 16.9. The average molecular weight is 429 g/mol. The van der Waals surface area contributed by atoms with E-state index in [1.165, 1.54) is 0 Å². The number of fused-ring (bicyclic) bond motifs is 1. The monoisotopic (exact) mass is 428 g/mol. The van der Waals surface area contributed by atoms with Crippen molar-refractivity contribution >= 4 is 34.5 Å². The minimum Gasteiger partial charge on any atom is -0.322 e. The molecule has 0 bridgehead atoms. The fourth-order valence-electron chi connectivity index (χ4n) is 3.85. The van der Waals surface area contributed by atoms with Gasteiger partial charge < -0.3 is 10.2 Å². The van der Waals surface area contributed by atoms with Crippen molar-refractivity contribution in [3.63, 3.8) is 0 Å². The molecule has 6 nitrogen and oxygen atoms in total. The van der Waals surface area contributed by atoms with E-state index in [4.69, 9.17) is 5.10 Å². The first-order chi connectivity index (χ1) is 15.1. The average Bonchev–Trinajstić information content (AvgIpc) is 3.52. The molecule has 0 atom stereocenters. The number of thiophene rings is 1. The number of para-hydroxylation sites is 1. The Labute approximate surface area is 183 Å². The lowest BCUT2D eigenvalue weighted by Gasteiger charge is -2.15. The highest BCUT2D eigenvalue weighted by molar-refractivity contribution is 7.13. The van der Waals surface area contributed by atoms with Crippen molar-refractivity contribution in [2.24, 2.45) is 0 Å². The van der Waals surface area contributed by atoms with Gasteiger partial charge >= 0.3 is 0 Å². The van der Waals surface area contributed by atoms with E-state index in [9.17, 15) is 9.59 Å². The molecule has 0 unspecified atom stereocenters. The number of nitrogens with zero attached hydrogens (tertiary/aromatic N) is 3. The van der Waals surface area contributed by atoms with Gasteiger partial charge in [-0.1, -0.05) is 24.3 Å². The van der Waals surface area contributed by atoms with Crippen molar-refractivity contribution in [1.82, 2.24) is 9.78 Å². The van der Waals surface area contributed by atoms with Gasteiger partial charge in [-0.2, -0.15) is 5.10 Å². The van der Waals surface area contributed by atoms with Crippen LogP contribution in [0.1, 0.15) is 22.8 Å². The van der Waals surface area contributed by atoms with E-state index in [1.54, 1.807) is 34.0 Å². The van der Waals surface area contributed by atoms with Crippen molar-refractivity contribution in [3.05, 3.63) is 83.4 Å². The van der Waals surface area contributed by atoms with Gasteiger partial charge in [0, 0.05) is 31.0 Å². The number of carbonyl (C=O) groups excluding carboxylic acids is 2. The lowest BCUT2D eigenvalue weighted by atomic mass is 10.1. The predicted molar refractivity (Wildman–Crippen MR) is 123 cm³/mol. The zero-order chi connectivity index (χ0) is 21.4. The smallest absolute Gasteiger partial charge is 0.259 e. The highest BCUT2D eigenvalue weighted by Gasteiger charge is 2.23. The molecule has 7 heteroatoms. The number of carbonyl (C=O) groups is 2. The number of hydrogen-bond acceptors (Lipinski definition) is 4. The lowest BCUT2D eigenvalue weighted by molar-refractivity contribution is -0.116. The fourth-order valence-corrected chi connectivity index (χ4v) is 4.58. The summed E-state index contributed by atoms with van der Waals surface area (Å²) < 4.78 is 1.73. The number of nitrogens with one attached hydrogen (secondary N) is 1. The van der Waals surface area contributed by atoms with Crippen molar-refractivity contribution in [2.75, 3.05) is 16.8 Å². The summed E-state index contributed by atoms with van der Waals surface area (Å²) in [5.41, 5.74) is 4.74. The Bertz CT molecular complexity index is 1260. The van der Waals surface area contributed by atoms with Gasteiger partial charge in [0.15, 0.2) is 0 Å². The van der Waals surface area contributed by atoms with Crippen LogP contribution in [0.2, 0.25) is 0 Å². The number of benzene rings is 2. The van der Waals surface area contributed by atoms with Crippen LogP contribution in [0.4, 0.5) is 11.4 Å². The molecular formula is C24H20N4O2S. The molecule has 1 N–H and O–H groups in total. The second kappa shape index (κ2) is 7.85. The van der Waals surface area contributed by atoms with Gasteiger partial charge in [-0.05, 0) is 53.8 Å². The SMILES string of the molecule is CC(=O)N1CCc2cc(NC(=O)c3cn(-c4ccccc4)nc3-c3cccs3)ccc21. The topological polar surface area (TPSA) is 67.2 Å². The van der Waals surface area contributed by atoms with Gasteiger partial charge in [0.1, 0.15) is 5.69 Å². The van der Waals surface area contributed by atoms with Crippen LogP contribution in [0.3, 0.4) is 0 Å². The van der Waals surface area contributed by atoms with E-state index in [-0.39, 0.29) is 11.8 Å². The normalized spacial score (nSPS) is 12.6. The van der Waals surface area contributed by atoms with Gasteiger partial charge in [-0.25, -0.2) is 4.68 Å². The highest BCUT2D eigenvalue weighted by atomic mass is 32.1. The Balaban J connectivity index is 1.47. The molecule has 0 saturated heterocycles. The molecule has 4 aromatic rings. The van der Waals surface area contributed by atoms with E-state index < -0.39 is 0 Å². The van der Waals surface area contributed by atoms with Gasteiger partial charge in [0.2, 0.25) is 5.91 Å². The van der Waals surface area contributed by atoms with Crippen LogP contribution in [-0.2, 0) is 11.2 Å². The molecular weight excluding hydrogens is 408 g/mol. The Morgan fingerprint density at radius 1 is 1.06 bits per heavy atom. The molecule has 2 amide bonds. The third kappa shape index (κ3) is 3.64. The third-order valence-corrected chi connectivity index (χ3v) is 6.22. The fraction of sp³-hybridized carbons (Fsp3) is 0.125. The minimum atomic E-state index is -0.216. The van der Waals surface area contributed by atoms with Crippen LogP contribution in [-0.4, -0.2) is 28.1 Å². The second-order valence-corrected chi connectivity index (χ2v) is 8.31. The van der Waals surface area contributed by atoms with Crippen LogP contribution in [0, 0.1) is 0 Å². The Hall–Kier alpha value is -3.71. The summed E-state index contributed by atoms with van der Waals surface area (Å²) in [6, 6.07) is 19.3. The first kappa shape index (κ1) is 19.3. The maximum absolute atomic E-state index is 13.2. The summed E-state index contributed by atoms with van der Waals surface area (Å²) >= 11 is 1.55. The molecule has 0 spiro atoms. The predicted octanol–water partition coefficient (Wildman–Crippen LogP) is 4.76. The van der Waals surface area contributed by atoms with E-state index in [2.05, 4.69) is 5.32 Å². The number of amides is 2. The quantitative estimate of drug-likeness (QED) is 0.510. The molecule has 0 aliphatic carbocycles. The van der Waals surface area contributed by atoms with Crippen molar-refractivity contribution < 1.29 is 9.59 Å². The molecule has 1 aliphatic rings. The molecule has 3 heterocycles. The van der Waals surface area contributed by atoms with Gasteiger partial charge in [-0.3, -0.25) is 9.59 Å². The summed E-state index contributed by atoms with van der Waals surface area (Å²) in [6.07, 6.45) is 2.55. The number of hydrogen-bond donors (Lipinski definition) is 1. The summed E-state index contributed by atoms with van der Waals surface area (Å²) in [5, 5.41) is 9.67. The van der Waals surface area contributed by atoms with E-state index in [0.29, 0.717) is 23.5 Å². The summed E-state index contributed by atoms with van der Waals surface area (Å²) in [7, 11) is 0. The molecule has 2 aromatic heterocycles. The van der Waals surface area contributed by atoms with E-state index in [1.807, 2.05) is 66.0 Å². The minimum absolute atomic E-state index is 0.0319. The van der Waals surface area contributed by atoms with Gasteiger partial charge in [0.05, 0.1) is 16.1 Å². The summed E-state index contributed by atoms with van der Waals surface area (Å²) in [4.78, 5) is 27.7. The Morgan fingerprint density at radius 3 is 2.65 bits per heavy atom. The molecule has 0 radical (unpaired) electrons. The van der Waals surface area contributed by atoms with Crippen molar-refractivity contribution in [1.29, 1.82) is 0 Å². The maximum Gasteiger partial charge on any atom is 0.259 e. The molecule has 154 valence electrons. The van der Waals surface area contributed by atoms with Crippen LogP contribution in [0.15, 0.2) is 72.2 Å². The summed E-state index contributed by atoms with van der Waals surface area (Å²) in [6.45, 7) is 2.25. The highest BCUT2D eigenvalue weighted by Crippen LogP contribution is 2.32. The number of anilines is 2. The Morgan fingerprint density at radius 2 is 1.90 bits per heavy atom. The largest absolute Gasteiger partial charge is 0.322 e. The second-order valence-electron chi connectivity index (χ2n) is 7.37. The molecule has 0 fully saturated rings. The Kier molecular flexibility index (Phi) is 4.88. The lowest BCUT2D eigenvalue weighted by Crippen LogP contribution is -2.25. The standard InChI is InChI=1S/C24H20N4O2S/c1-16(29)27-12-11-17-14-18(9-10-21(17)27)25-24(30)20-15-28(19-6-3-2-4-7-19)26-23(20)22-8-5-13-31-22/h2-10,13-15H,11-12H2,1H3,(H,25,30). The third-order valence-electron chi connectivity index (χ3n) is 5.35. The van der Waals surface area contributed by atoms with Crippen LogP contribution < -0.4 is 10.2 Å². The zero-order valence-corrected chi connectivity index (χ0v) is 17.7. The van der Waals surface area contributed by atoms with Crippen LogP contribution in [0.5, 0.6) is 0 Å². The first-order valence-corrected chi connectivity index (χ1v) is 10.9. The van der Waals surface area contributed by atoms with Crippen LogP contribution >= 0.6 is 11.3 Å². The summed E-state index contributed by atoms with van der Waals surface area (Å²) in [5.74, 6) is -0.184. The molecule has 1 aliphatic heterocycles. The molecule has 31 heavy (non-hydrogen) atoms. The molecule has 2 aromatic carbocycles. The van der Waals surface area contributed by atoms with Gasteiger partial charge in [-0.15, -0.1) is 11.3 Å².